The number of pyridine rings is 1. The summed E-state index contributed by atoms with van der Waals surface area (Å²) in [6.45, 7) is 1.75. The van der Waals surface area contributed by atoms with Crippen LogP contribution in [0.1, 0.15) is 31.7 Å². The minimum Gasteiger partial charge on any atom is -0.454 e. The number of amides is 2. The Morgan fingerprint density at radius 3 is 2.50 bits per heavy atom. The molecular formula is C30H32FIN4O4. The van der Waals surface area contributed by atoms with Crippen molar-refractivity contribution in [2.24, 2.45) is 11.8 Å². The molecule has 1 aliphatic rings. The monoisotopic (exact) mass is 658 g/mol. The van der Waals surface area contributed by atoms with E-state index in [4.69, 9.17) is 4.74 Å². The number of para-hydroxylation sites is 1. The lowest BCUT2D eigenvalue weighted by Crippen LogP contribution is -2.47. The van der Waals surface area contributed by atoms with Gasteiger partial charge in [0.25, 0.3) is 5.91 Å². The van der Waals surface area contributed by atoms with E-state index in [0.29, 0.717) is 22.8 Å². The van der Waals surface area contributed by atoms with Crippen molar-refractivity contribution in [2.75, 3.05) is 22.3 Å². The number of aromatic nitrogens is 1. The van der Waals surface area contributed by atoms with Crippen molar-refractivity contribution in [3.05, 3.63) is 78.2 Å². The van der Waals surface area contributed by atoms with Gasteiger partial charge in [0.2, 0.25) is 5.91 Å². The van der Waals surface area contributed by atoms with Gasteiger partial charge in [-0.15, -0.1) is 20.7 Å². The van der Waals surface area contributed by atoms with E-state index < -0.39 is 32.5 Å². The molecule has 4 rings (SSSR count). The fourth-order valence-electron chi connectivity index (χ4n) is 4.29. The smallest absolute Gasteiger partial charge is 0.281 e. The summed E-state index contributed by atoms with van der Waals surface area (Å²) in [5.74, 6) is -1.04. The maximum absolute atomic E-state index is 15.0. The number of hydrogen-bond donors (Lipinski definition) is 2. The predicted octanol–water partition coefficient (Wildman–Crippen LogP) is 5.44. The fourth-order valence-corrected chi connectivity index (χ4v) is 6.05. The van der Waals surface area contributed by atoms with Gasteiger partial charge in [-0.3, -0.25) is 14.4 Å². The zero-order chi connectivity index (χ0) is 28.6. The van der Waals surface area contributed by atoms with Gasteiger partial charge in [-0.1, -0.05) is 37.6 Å². The summed E-state index contributed by atoms with van der Waals surface area (Å²) in [5, 5.41) is 4.15. The first-order chi connectivity index (χ1) is 19.3. The van der Waals surface area contributed by atoms with Gasteiger partial charge in [0.15, 0.2) is 17.3 Å². The number of rotatable bonds is 11. The van der Waals surface area contributed by atoms with E-state index in [1.165, 1.54) is 23.3 Å². The highest BCUT2D eigenvalue weighted by atomic mass is 127. The molecule has 0 saturated heterocycles. The van der Waals surface area contributed by atoms with Crippen molar-refractivity contribution in [1.29, 1.82) is 0 Å². The quantitative estimate of drug-likeness (QED) is 0.123. The first-order valence-electron chi connectivity index (χ1n) is 13.0. The largest absolute Gasteiger partial charge is 0.454 e. The lowest BCUT2D eigenvalue weighted by Gasteiger charge is -2.23. The molecule has 0 radical (unpaired) electrons. The van der Waals surface area contributed by atoms with Crippen LogP contribution in [0.3, 0.4) is 0 Å². The van der Waals surface area contributed by atoms with Crippen LogP contribution in [0.2, 0.25) is 0 Å². The Morgan fingerprint density at radius 1 is 1.12 bits per heavy atom. The van der Waals surface area contributed by atoms with Gasteiger partial charge in [0, 0.05) is 31.1 Å². The normalized spacial score (nSPS) is 14.3. The van der Waals surface area contributed by atoms with E-state index in [1.807, 2.05) is 23.1 Å². The van der Waals surface area contributed by atoms with E-state index in [2.05, 4.69) is 15.7 Å². The van der Waals surface area contributed by atoms with Gasteiger partial charge in [0.05, 0.1) is 5.69 Å². The van der Waals surface area contributed by atoms with Gasteiger partial charge >= 0.3 is 0 Å². The van der Waals surface area contributed by atoms with Crippen LogP contribution < -0.4 is 20.5 Å². The third kappa shape index (κ3) is 7.16. The van der Waals surface area contributed by atoms with Crippen LogP contribution in [-0.4, -0.2) is 38.1 Å². The molecule has 2 N–H and O–H groups in total. The van der Waals surface area contributed by atoms with Gasteiger partial charge in [0.1, 0.15) is 15.1 Å². The van der Waals surface area contributed by atoms with Crippen LogP contribution in [0.5, 0.6) is 11.5 Å². The Balaban J connectivity index is 1.40. The second-order valence-corrected chi connectivity index (χ2v) is 11.7. The van der Waals surface area contributed by atoms with Gasteiger partial charge < -0.3 is 10.1 Å². The molecule has 1 atom stereocenters. The number of halogens is 2. The van der Waals surface area contributed by atoms with Crippen molar-refractivity contribution < 1.29 is 23.5 Å². The number of nitrogens with one attached hydrogen (secondary N) is 2. The number of anilines is 2. The maximum atomic E-state index is 15.0. The molecular weight excluding hydrogens is 626 g/mol. The number of carbonyl (C=O) groups is 3. The molecule has 10 heteroatoms. The molecule has 1 aromatic heterocycles. The van der Waals surface area contributed by atoms with E-state index in [9.17, 15) is 18.8 Å². The Morgan fingerprint density at radius 2 is 1.88 bits per heavy atom. The van der Waals surface area contributed by atoms with Crippen molar-refractivity contribution in [2.45, 2.75) is 32.6 Å². The second kappa shape index (κ2) is 13.7. The molecule has 3 aromatic rings. The molecule has 1 fully saturated rings. The molecule has 1 heterocycles. The van der Waals surface area contributed by atoms with Crippen molar-refractivity contribution in [1.82, 2.24) is 10.4 Å². The van der Waals surface area contributed by atoms with Crippen molar-refractivity contribution >= 4 is 53.3 Å². The number of Topliss-reactive ketones (excluding diaryl/α,β-unsaturated/α-hetero) is 1. The molecule has 1 aliphatic carbocycles. The first kappa shape index (κ1) is 29.5. The minimum absolute atomic E-state index is 0.0135. The topological polar surface area (TPSA) is 101 Å². The first-order valence-corrected chi connectivity index (χ1v) is 16.2. The fraction of sp³-hybridized carbons (Fsp3) is 0.300. The number of hydrazine groups is 1. The van der Waals surface area contributed by atoms with E-state index >= 15 is 0 Å². The highest BCUT2D eigenvalue weighted by Gasteiger charge is 2.28. The van der Waals surface area contributed by atoms with Crippen molar-refractivity contribution in [3.63, 3.8) is 0 Å². The van der Waals surface area contributed by atoms with Crippen molar-refractivity contribution in [3.8, 4) is 11.5 Å². The van der Waals surface area contributed by atoms with Crippen LogP contribution in [0.15, 0.2) is 66.9 Å². The SMILES string of the molecule is CNN(C(=O)C(=IC)C(=O)[C@@H](C)Cc1ccc(Oc2ccnc(NC(=O)C3CCC3)c2)c(F)c1)c1ccccc1. The zero-order valence-electron chi connectivity index (χ0n) is 22.6. The molecule has 0 unspecified atom stereocenters. The zero-order valence-corrected chi connectivity index (χ0v) is 24.8. The molecule has 0 bridgehead atoms. The lowest BCUT2D eigenvalue weighted by molar-refractivity contribution is -0.122. The van der Waals surface area contributed by atoms with Crippen LogP contribution in [0.4, 0.5) is 15.9 Å². The number of nitrogens with zero attached hydrogens (tertiary/aromatic N) is 2. The molecule has 210 valence electrons. The number of ether oxygens (including phenoxy) is 1. The Labute approximate surface area is 243 Å². The van der Waals surface area contributed by atoms with E-state index in [-0.39, 0.29) is 39.2 Å². The number of alkyl halides is 1. The second-order valence-electron chi connectivity index (χ2n) is 9.53. The molecule has 2 amide bonds. The number of hydrogen-bond acceptors (Lipinski definition) is 6. The summed E-state index contributed by atoms with van der Waals surface area (Å²) in [6, 6.07) is 16.8. The summed E-state index contributed by atoms with van der Waals surface area (Å²) in [5.41, 5.74) is 4.13. The third-order valence-corrected chi connectivity index (χ3v) is 8.78. The van der Waals surface area contributed by atoms with Crippen LogP contribution in [-0.2, 0) is 20.8 Å². The number of benzene rings is 2. The predicted molar refractivity (Wildman–Crippen MR) is 162 cm³/mol. The van der Waals surface area contributed by atoms with Gasteiger partial charge in [-0.05, 0) is 60.1 Å². The molecule has 2 aromatic carbocycles. The minimum atomic E-state index is -0.821. The summed E-state index contributed by atoms with van der Waals surface area (Å²) in [7, 11) is 1.63. The average Bonchev–Trinajstić information content (AvgIpc) is 2.91. The Kier molecular flexibility index (Phi) is 10.1. The molecule has 8 nitrogen and oxygen atoms in total. The lowest BCUT2D eigenvalue weighted by atomic mass is 9.85. The van der Waals surface area contributed by atoms with Gasteiger partial charge in [-0.25, -0.2) is 19.8 Å². The maximum Gasteiger partial charge on any atom is 0.281 e. The number of carbonyl (C=O) groups excluding carboxylic acids is 3. The summed E-state index contributed by atoms with van der Waals surface area (Å²) >= 11 is -0.821. The average molecular weight is 659 g/mol. The molecule has 0 aliphatic heterocycles. The third-order valence-electron chi connectivity index (χ3n) is 6.71. The Hall–Kier alpha value is -3.51. The van der Waals surface area contributed by atoms with Crippen LogP contribution >= 0.6 is 20.7 Å². The van der Waals surface area contributed by atoms with Crippen LogP contribution in [0, 0.1) is 17.7 Å². The van der Waals surface area contributed by atoms with E-state index in [1.54, 1.807) is 44.3 Å². The highest BCUT2D eigenvalue weighted by molar-refractivity contribution is 14.2. The van der Waals surface area contributed by atoms with Gasteiger partial charge in [-0.2, -0.15) is 0 Å². The molecule has 1 saturated carbocycles. The summed E-state index contributed by atoms with van der Waals surface area (Å²) in [6.07, 6.45) is 4.57. The summed E-state index contributed by atoms with van der Waals surface area (Å²) < 4.78 is 21.0. The number of ketones is 1. The molecule has 40 heavy (non-hydrogen) atoms. The van der Waals surface area contributed by atoms with E-state index in [0.717, 1.165) is 19.3 Å². The van der Waals surface area contributed by atoms with Crippen LogP contribution in [0.25, 0.3) is 0 Å². The standard InChI is InChI=1S/C30H32FIN4O4/c1-19(28(37)27(32-2)30(39)36(33-3)22-10-5-4-6-11-22)16-20-12-13-25(24(31)17-20)40-23-14-15-34-26(18-23)35-29(38)21-8-7-9-21/h4-6,10-15,17-19,21,33H,7-9,16H2,1-3H3,(H,34,35,38)/t19-/m0/s1. The highest BCUT2D eigenvalue weighted by Crippen LogP contribution is 2.30. The summed E-state index contributed by atoms with van der Waals surface area (Å²) in [4.78, 5) is 44.8. The molecule has 0 spiro atoms. The Bertz CT molecular complexity index is 1410.